The molecule has 99 heavy (non-hydrogen) atoms. The Balaban J connectivity index is 1.80. The van der Waals surface area contributed by atoms with Gasteiger partial charge in [0, 0.05) is 32.9 Å². The normalized spacial score (nSPS) is 15.9. The second-order valence-corrected chi connectivity index (χ2v) is 24.7. The van der Waals surface area contributed by atoms with Crippen LogP contribution in [0.2, 0.25) is 0 Å². The van der Waals surface area contributed by atoms with Gasteiger partial charge >= 0.3 is 5.97 Å². The number of primary amides is 2. The molecule has 24 N–H and O–H groups in total. The Morgan fingerprint density at radius 3 is 1.55 bits per heavy atom. The summed E-state index contributed by atoms with van der Waals surface area (Å²) in [4.78, 5) is 202. The van der Waals surface area contributed by atoms with Crippen molar-refractivity contribution in [2.45, 2.75) is 165 Å². The number of nitrogens with two attached hydrogens (primary N) is 3. The van der Waals surface area contributed by atoms with E-state index in [1.54, 1.807) is 13.8 Å². The number of aliphatic carboxylic acids is 1. The van der Waals surface area contributed by atoms with Crippen LogP contribution in [0.5, 0.6) is 11.5 Å². The molecule has 37 nitrogen and oxygen atoms in total. The third-order valence-corrected chi connectivity index (χ3v) is 15.7. The molecule has 12 atom stereocenters. The number of nitrogens with one attached hydrogen (secondary N) is 13. The first-order chi connectivity index (χ1) is 46.5. The molecule has 0 spiro atoms. The first kappa shape index (κ1) is 82.9. The maximum Gasteiger partial charge on any atom is 0.319 e. The van der Waals surface area contributed by atoms with E-state index in [9.17, 15) is 97.5 Å². The van der Waals surface area contributed by atoms with E-state index in [-0.39, 0.29) is 75.5 Å². The third-order valence-electron chi connectivity index (χ3n) is 15.1. The van der Waals surface area contributed by atoms with Crippen LogP contribution in [-0.4, -0.2) is 230 Å². The van der Waals surface area contributed by atoms with Crippen LogP contribution < -0.4 is 81.0 Å². The fourth-order valence-electron chi connectivity index (χ4n) is 9.95. The largest absolute Gasteiger partial charge is 0.508 e. The highest BCUT2D eigenvalue weighted by molar-refractivity contribution is 7.81. The quantitative estimate of drug-likeness (QED) is 0.0128. The lowest BCUT2D eigenvalue weighted by Gasteiger charge is -2.30. The predicted octanol–water partition coefficient (Wildman–Crippen LogP) is -7.43. The zero-order chi connectivity index (χ0) is 74.5. The molecule has 38 heteroatoms. The molecule has 0 bridgehead atoms. The molecule has 0 aliphatic carbocycles. The third kappa shape index (κ3) is 27.9. The molecule has 3 rings (SSSR count). The zero-order valence-electron chi connectivity index (χ0n) is 55.4. The molecule has 0 saturated carbocycles. The molecular weight excluding hydrogens is 1320 g/mol. The lowest BCUT2D eigenvalue weighted by molar-refractivity contribution is -0.144. The molecule has 0 unspecified atom stereocenters. The van der Waals surface area contributed by atoms with Crippen LogP contribution in [0.1, 0.15) is 91.2 Å². The summed E-state index contributed by atoms with van der Waals surface area (Å²) in [7, 11) is 0. The van der Waals surface area contributed by atoms with Gasteiger partial charge in [-0.2, -0.15) is 12.6 Å². The van der Waals surface area contributed by atoms with Crippen molar-refractivity contribution in [2.24, 2.45) is 29.0 Å². The van der Waals surface area contributed by atoms with E-state index < -0.39 is 198 Å². The number of carboxylic acids is 1. The summed E-state index contributed by atoms with van der Waals surface area (Å²) < 4.78 is 0. The monoisotopic (exact) mass is 1410 g/mol. The van der Waals surface area contributed by atoms with Gasteiger partial charge in [0.25, 0.3) is 0 Å². The summed E-state index contributed by atoms with van der Waals surface area (Å²) in [6.07, 6.45) is -1.07. The molecule has 0 radical (unpaired) electrons. The molecule has 546 valence electrons. The van der Waals surface area contributed by atoms with Gasteiger partial charge in [0.2, 0.25) is 82.7 Å². The number of nitrogens with zero attached hydrogens (tertiary/aromatic N) is 1. The number of amides is 14. The number of carboxylic acid groups (broad SMARTS) is 1. The number of carbonyl (C=O) groups excluding carboxylic acids is 14. The van der Waals surface area contributed by atoms with Crippen LogP contribution in [0.25, 0.3) is 0 Å². The maximum absolute atomic E-state index is 14.2. The van der Waals surface area contributed by atoms with Crippen molar-refractivity contribution in [3.8, 4) is 11.5 Å². The second kappa shape index (κ2) is 40.4. The van der Waals surface area contributed by atoms with Gasteiger partial charge < -0.3 is 111 Å². The van der Waals surface area contributed by atoms with Gasteiger partial charge in [0.15, 0.2) is 5.96 Å². The van der Waals surface area contributed by atoms with Crippen molar-refractivity contribution >= 4 is 107 Å². The number of thiol groups is 1. The average Bonchev–Trinajstić information content (AvgIpc) is 1.79. The van der Waals surface area contributed by atoms with Crippen molar-refractivity contribution in [1.82, 2.24) is 68.7 Å². The second-order valence-electron chi connectivity index (χ2n) is 24.1. The van der Waals surface area contributed by atoms with Gasteiger partial charge in [0.05, 0.1) is 26.2 Å². The standard InChI is InChI=1S/C61H91N17O20S/c1-28(2)21-37(69-31(6)81)52(89)73-39(23-33-13-17-35(83)18-14-33)54(91)71-36(9-7-19-66-61(64)65)51(88)68-30(5)50(87)72-40(24-44(62)84)55(92)76-46(29(3)4)57(94)77-47(48(99)60(97)98)58(95)75-42(27-80)59(96)78-20-8-10-43(78)56(93)67-25-45(85)70-38(22-32-11-15-34(82)16-12-32)53(90)74-41(26-79)49(63)86/h11-18,28-30,36-43,46-48,79-80,82-83,99H,7-10,19-27H2,1-6H3,(H2,62,84)(H2,63,86)(H,67,93)(H,68,88)(H,69,81)(H,70,85)(H,71,91)(H,72,87)(H,73,89)(H,74,90)(H,75,95)(H,76,92)(H,77,94)(H,97,98)(H4,64,65,66)/t30-,36-,37-,38-,39-,40-,41-,42-,43-,46-,47-,48+/m0/s1. The molecule has 14 amide bonds. The topological polar surface area (TPSA) is 607 Å². The van der Waals surface area contributed by atoms with Crippen LogP contribution in [0.15, 0.2) is 48.5 Å². The number of aromatic hydroxyl groups is 2. The fraction of sp³-hybridized carbons (Fsp3) is 0.541. The van der Waals surface area contributed by atoms with E-state index in [0.717, 1.165) is 11.8 Å². The van der Waals surface area contributed by atoms with Crippen LogP contribution in [0.3, 0.4) is 0 Å². The highest BCUT2D eigenvalue weighted by atomic mass is 32.1. The van der Waals surface area contributed by atoms with Crippen LogP contribution >= 0.6 is 12.6 Å². The van der Waals surface area contributed by atoms with Crippen molar-refractivity contribution in [3.05, 3.63) is 59.7 Å². The minimum absolute atomic E-state index is 0.00467. The van der Waals surface area contributed by atoms with E-state index in [1.165, 1.54) is 69.3 Å². The van der Waals surface area contributed by atoms with Crippen LogP contribution in [0, 0.1) is 17.2 Å². The lowest BCUT2D eigenvalue weighted by atomic mass is 10.0. The molecule has 1 aliphatic rings. The van der Waals surface area contributed by atoms with Crippen LogP contribution in [0.4, 0.5) is 0 Å². The lowest BCUT2D eigenvalue weighted by Crippen LogP contribution is -2.63. The molecule has 0 aromatic heterocycles. The highest BCUT2D eigenvalue weighted by Gasteiger charge is 2.42. The number of hydrogen-bond acceptors (Lipinski definition) is 21. The number of aliphatic hydroxyl groups is 2. The van der Waals surface area contributed by atoms with Gasteiger partial charge in [0.1, 0.15) is 83.2 Å². The zero-order valence-corrected chi connectivity index (χ0v) is 56.3. The van der Waals surface area contributed by atoms with Crippen molar-refractivity contribution in [3.63, 3.8) is 0 Å². The number of phenols is 2. The summed E-state index contributed by atoms with van der Waals surface area (Å²) >= 11 is 3.99. The number of likely N-dealkylation sites (tertiary alicyclic amines) is 1. The van der Waals surface area contributed by atoms with Gasteiger partial charge in [-0.25, -0.2) is 0 Å². The summed E-state index contributed by atoms with van der Waals surface area (Å²) in [6.45, 7) is 5.83. The molecule has 2 aromatic rings. The number of aliphatic hydroxyl groups excluding tert-OH is 2. The number of carbonyl (C=O) groups is 15. The van der Waals surface area contributed by atoms with Gasteiger partial charge in [-0.05, 0) is 86.3 Å². The van der Waals surface area contributed by atoms with Gasteiger partial charge in [-0.15, -0.1) is 0 Å². The number of rotatable bonds is 40. The molecule has 2 aromatic carbocycles. The van der Waals surface area contributed by atoms with Gasteiger partial charge in [-0.3, -0.25) is 77.3 Å². The Kier molecular flexibility index (Phi) is 33.8. The SMILES string of the molecule is CC(=O)N[C@@H](CC(C)C)C(=O)N[C@@H](Cc1ccc(O)cc1)C(=O)N[C@@H](CCCNC(=N)N)C(=O)N[C@@H](C)C(=O)N[C@@H](CC(N)=O)C(=O)N[C@H](C(=O)N[C@H](C(=O)N[C@@H](CO)C(=O)N1CCC[C@H]1C(=O)NCC(=O)N[C@@H](Cc1ccc(O)cc1)C(=O)N[C@@H](CO)C(N)=O)[C@@H](S)C(=O)O)C(C)C. The van der Waals surface area contributed by atoms with Crippen molar-refractivity contribution < 1.29 is 97.5 Å². The minimum atomic E-state index is -2.20. The highest BCUT2D eigenvalue weighted by Crippen LogP contribution is 2.20. The Labute approximate surface area is 574 Å². The summed E-state index contributed by atoms with van der Waals surface area (Å²) in [5.41, 5.74) is 17.0. The molecule has 1 aliphatic heterocycles. The molecule has 1 fully saturated rings. The van der Waals surface area contributed by atoms with E-state index in [4.69, 9.17) is 22.6 Å². The molecule has 1 heterocycles. The maximum atomic E-state index is 14.2. The van der Waals surface area contributed by atoms with E-state index in [0.29, 0.717) is 11.1 Å². The van der Waals surface area contributed by atoms with E-state index in [2.05, 4.69) is 76.4 Å². The Morgan fingerprint density at radius 1 is 0.576 bits per heavy atom. The first-order valence-corrected chi connectivity index (χ1v) is 31.9. The summed E-state index contributed by atoms with van der Waals surface area (Å²) in [5.74, 6) is -17.8. The summed E-state index contributed by atoms with van der Waals surface area (Å²) in [5, 5.41) is 83.6. The fourth-order valence-corrected chi connectivity index (χ4v) is 10.2. The summed E-state index contributed by atoms with van der Waals surface area (Å²) in [6, 6.07) is -6.45. The van der Waals surface area contributed by atoms with Gasteiger partial charge in [-0.1, -0.05) is 52.0 Å². The Bertz CT molecular complexity index is 3230. The minimum Gasteiger partial charge on any atom is -0.508 e. The average molecular weight is 1410 g/mol. The number of phenolic OH excluding ortho intramolecular Hbond substituents is 2. The smallest absolute Gasteiger partial charge is 0.319 e. The number of benzene rings is 2. The van der Waals surface area contributed by atoms with Crippen molar-refractivity contribution in [2.75, 3.05) is 32.8 Å². The van der Waals surface area contributed by atoms with Crippen molar-refractivity contribution in [1.29, 1.82) is 5.41 Å². The Hall–Kier alpha value is -10.4. The molecule has 1 saturated heterocycles. The van der Waals surface area contributed by atoms with E-state index in [1.807, 2.05) is 0 Å². The predicted molar refractivity (Wildman–Crippen MR) is 353 cm³/mol. The van der Waals surface area contributed by atoms with E-state index >= 15 is 0 Å². The number of guanidine groups is 1. The van der Waals surface area contributed by atoms with Crippen LogP contribution in [-0.2, 0) is 84.8 Å². The molecular formula is C61H91N17O20S. The first-order valence-electron chi connectivity index (χ1n) is 31.4. The Morgan fingerprint density at radius 2 is 1.05 bits per heavy atom. The number of hydrogen-bond donors (Lipinski definition) is 22.